The van der Waals surface area contributed by atoms with Gasteiger partial charge in [0.1, 0.15) is 18.1 Å². The van der Waals surface area contributed by atoms with E-state index in [2.05, 4.69) is 4.57 Å². The Morgan fingerprint density at radius 1 is 0.915 bits per heavy atom. The number of aromatic carboxylic acids is 1. The van der Waals surface area contributed by atoms with Crippen LogP contribution in [0.4, 0.5) is 5.69 Å². The average molecular weight is 831 g/mol. The second kappa shape index (κ2) is 16.5. The number of carbonyl (C=O) groups is 2. The molecular weight excluding hydrogens is 785 g/mol. The van der Waals surface area contributed by atoms with Crippen LogP contribution in [-0.2, 0) is 38.0 Å². The predicted octanol–water partition coefficient (Wildman–Crippen LogP) is 10.7. The highest BCUT2D eigenvalue weighted by Gasteiger charge is 2.39. The van der Waals surface area contributed by atoms with Crippen LogP contribution in [0, 0.1) is 27.7 Å². The number of aryl methyl sites for hydroxylation is 7. The van der Waals surface area contributed by atoms with Crippen LogP contribution in [0.15, 0.2) is 85.1 Å². The first kappa shape index (κ1) is 40.1. The molecule has 4 heterocycles. The fraction of sp³-hybridized carbons (Fsp3) is 0.277. The number of amides is 1. The summed E-state index contributed by atoms with van der Waals surface area (Å²) in [4.78, 5) is 40.1. The van der Waals surface area contributed by atoms with E-state index in [4.69, 9.17) is 42.6 Å². The lowest BCUT2D eigenvalue weighted by Crippen LogP contribution is -2.36. The fourth-order valence-corrected chi connectivity index (χ4v) is 8.92. The van der Waals surface area contributed by atoms with Gasteiger partial charge in [-0.25, -0.2) is 14.8 Å². The van der Waals surface area contributed by atoms with Gasteiger partial charge in [0.05, 0.1) is 41.5 Å². The Hall–Kier alpha value is -5.68. The first-order valence-electron chi connectivity index (χ1n) is 19.7. The van der Waals surface area contributed by atoms with Gasteiger partial charge in [-0.1, -0.05) is 59.6 Å². The van der Waals surface area contributed by atoms with Gasteiger partial charge in [0.15, 0.2) is 5.82 Å². The molecule has 302 valence electrons. The van der Waals surface area contributed by atoms with Crippen molar-refractivity contribution >= 4 is 62.6 Å². The zero-order valence-corrected chi connectivity index (χ0v) is 35.2. The van der Waals surface area contributed by atoms with Crippen LogP contribution in [0.5, 0.6) is 5.75 Å². The minimum Gasteiger partial charge on any atom is -0.494 e. The van der Waals surface area contributed by atoms with Crippen LogP contribution >= 0.6 is 23.2 Å². The van der Waals surface area contributed by atoms with Gasteiger partial charge >= 0.3 is 5.97 Å². The molecule has 0 fully saturated rings. The van der Waals surface area contributed by atoms with Gasteiger partial charge in [-0.05, 0) is 112 Å². The second-order valence-electron chi connectivity index (χ2n) is 15.3. The van der Waals surface area contributed by atoms with E-state index in [1.165, 1.54) is 0 Å². The Balaban J connectivity index is 1.22. The van der Waals surface area contributed by atoms with Gasteiger partial charge in [0, 0.05) is 57.6 Å². The quantitative estimate of drug-likeness (QED) is 0.122. The van der Waals surface area contributed by atoms with Crippen molar-refractivity contribution in [2.45, 2.75) is 72.8 Å². The molecule has 12 heteroatoms. The number of nitrogens with zero attached hydrogens (tertiary/aromatic N) is 5. The molecule has 1 N–H and O–H groups in total. The number of hydrogen-bond donors (Lipinski definition) is 1. The van der Waals surface area contributed by atoms with Crippen LogP contribution in [0.3, 0.4) is 0 Å². The maximum absolute atomic E-state index is 15.8. The molecular formula is C47H45Cl2N5O5. The summed E-state index contributed by atoms with van der Waals surface area (Å²) in [5, 5.41) is 13.3. The summed E-state index contributed by atoms with van der Waals surface area (Å²) in [5.74, 6) is -0.0432. The van der Waals surface area contributed by atoms with Gasteiger partial charge in [-0.2, -0.15) is 0 Å². The highest BCUT2D eigenvalue weighted by molar-refractivity contribution is 6.32. The zero-order valence-electron chi connectivity index (χ0n) is 33.7. The van der Waals surface area contributed by atoms with E-state index in [1.807, 2.05) is 112 Å². The lowest BCUT2D eigenvalue weighted by atomic mass is 9.96. The van der Waals surface area contributed by atoms with Gasteiger partial charge in [-0.15, -0.1) is 0 Å². The molecule has 0 saturated carbocycles. The third-order valence-corrected chi connectivity index (χ3v) is 12.1. The van der Waals surface area contributed by atoms with Crippen LogP contribution in [0.25, 0.3) is 21.8 Å². The van der Waals surface area contributed by atoms with Crippen molar-refractivity contribution in [1.82, 2.24) is 19.1 Å². The van der Waals surface area contributed by atoms with E-state index in [9.17, 15) is 9.90 Å². The Labute approximate surface area is 352 Å². The van der Waals surface area contributed by atoms with Crippen molar-refractivity contribution in [2.24, 2.45) is 7.05 Å². The first-order chi connectivity index (χ1) is 28.4. The number of ether oxygens (including phenoxy) is 2. The summed E-state index contributed by atoms with van der Waals surface area (Å²) in [6.07, 6.45) is 3.55. The van der Waals surface area contributed by atoms with Gasteiger partial charge in [-0.3, -0.25) is 9.69 Å². The molecule has 59 heavy (non-hydrogen) atoms. The van der Waals surface area contributed by atoms with Crippen molar-refractivity contribution < 1.29 is 24.2 Å². The standard InChI is InChI=1S/C47H45Cl2N5O5/c1-27-20-35(21-28(2)43(27)49)59-19-9-12-37-36-14-13-34(48)24-39(36)53-18-16-38(42-29(3)50-41(51-30(42)4)26-58-25-31-10-7-6-8-11-31)54(46(55)45(37)53)40-23-33(47(56)57)22-32-15-17-52(5)44(32)40/h6-8,10-11,13-15,17,20-24,38H,9,12,16,18-19,25-26H2,1-5H3,(H,56,57). The van der Waals surface area contributed by atoms with E-state index in [-0.39, 0.29) is 18.1 Å². The zero-order chi connectivity index (χ0) is 41.5. The van der Waals surface area contributed by atoms with E-state index in [0.717, 1.165) is 66.4 Å². The molecule has 0 spiro atoms. The summed E-state index contributed by atoms with van der Waals surface area (Å²) in [6.45, 7) is 9.34. The Morgan fingerprint density at radius 3 is 2.36 bits per heavy atom. The number of carbonyl (C=O) groups excluding carboxylic acids is 1. The summed E-state index contributed by atoms with van der Waals surface area (Å²) in [5.41, 5.74) is 8.81. The second-order valence-corrected chi connectivity index (χ2v) is 16.1. The lowest BCUT2D eigenvalue weighted by Gasteiger charge is -2.33. The minimum atomic E-state index is -1.08. The monoisotopic (exact) mass is 829 g/mol. The van der Waals surface area contributed by atoms with Gasteiger partial charge in [0.2, 0.25) is 0 Å². The first-order valence-corrected chi connectivity index (χ1v) is 20.5. The van der Waals surface area contributed by atoms with E-state index < -0.39 is 12.0 Å². The van der Waals surface area contributed by atoms with Crippen molar-refractivity contribution in [3.8, 4) is 5.75 Å². The maximum atomic E-state index is 15.8. The van der Waals surface area contributed by atoms with Crippen LogP contribution in [0.2, 0.25) is 10.0 Å². The number of carboxylic acid groups (broad SMARTS) is 1. The number of anilines is 1. The third kappa shape index (κ3) is 7.80. The Morgan fingerprint density at radius 2 is 1.64 bits per heavy atom. The minimum absolute atomic E-state index is 0.0856. The molecule has 1 unspecified atom stereocenters. The lowest BCUT2D eigenvalue weighted by molar-refractivity contribution is 0.0696. The number of hydrogen-bond acceptors (Lipinski definition) is 6. The molecule has 0 saturated heterocycles. The van der Waals surface area contributed by atoms with Crippen molar-refractivity contribution in [3.63, 3.8) is 0 Å². The van der Waals surface area contributed by atoms with E-state index >= 15 is 4.79 Å². The molecule has 1 aliphatic rings. The molecule has 0 radical (unpaired) electrons. The smallest absolute Gasteiger partial charge is 0.335 e. The highest BCUT2D eigenvalue weighted by Crippen LogP contribution is 2.43. The molecule has 8 rings (SSSR count). The predicted molar refractivity (Wildman–Crippen MR) is 232 cm³/mol. The number of rotatable bonds is 12. The topological polar surface area (TPSA) is 112 Å². The third-order valence-electron chi connectivity index (χ3n) is 11.2. The van der Waals surface area contributed by atoms with Gasteiger partial charge < -0.3 is 23.7 Å². The number of carboxylic acids is 1. The molecule has 1 atom stereocenters. The van der Waals surface area contributed by atoms with Gasteiger partial charge in [0.25, 0.3) is 5.91 Å². The normalized spacial score (nSPS) is 14.3. The number of benzene rings is 4. The molecule has 1 aliphatic heterocycles. The van der Waals surface area contributed by atoms with Crippen LogP contribution in [0.1, 0.15) is 84.8 Å². The number of aromatic nitrogens is 4. The van der Waals surface area contributed by atoms with Crippen molar-refractivity contribution in [1.29, 1.82) is 0 Å². The molecule has 3 aromatic heterocycles. The largest absolute Gasteiger partial charge is 0.494 e. The van der Waals surface area contributed by atoms with Crippen LogP contribution < -0.4 is 9.64 Å². The fourth-order valence-electron chi connectivity index (χ4n) is 8.64. The Kier molecular flexibility index (Phi) is 11.2. The Bertz CT molecular complexity index is 2710. The van der Waals surface area contributed by atoms with Crippen molar-refractivity contribution in [2.75, 3.05) is 11.5 Å². The molecule has 0 bridgehead atoms. The molecule has 1 amide bonds. The summed E-state index contributed by atoms with van der Waals surface area (Å²) >= 11 is 13.1. The van der Waals surface area contributed by atoms with Crippen LogP contribution in [-0.4, -0.2) is 42.7 Å². The van der Waals surface area contributed by atoms with Crippen molar-refractivity contribution in [3.05, 3.63) is 151 Å². The number of halogens is 2. The van der Waals surface area contributed by atoms with E-state index in [1.54, 1.807) is 17.0 Å². The summed E-state index contributed by atoms with van der Waals surface area (Å²) in [6, 6.07) is 24.2. The molecule has 7 aromatic rings. The summed E-state index contributed by atoms with van der Waals surface area (Å²) < 4.78 is 16.3. The molecule has 0 aliphatic carbocycles. The summed E-state index contributed by atoms with van der Waals surface area (Å²) in [7, 11) is 1.90. The number of fused-ring (bicyclic) bond motifs is 4. The molecule has 10 nitrogen and oxygen atoms in total. The maximum Gasteiger partial charge on any atom is 0.335 e. The highest BCUT2D eigenvalue weighted by atomic mass is 35.5. The SMILES string of the molecule is Cc1cc(OCCCc2c3n(c4cc(Cl)ccc24)CCC(c2c(C)nc(COCc4ccccc4)nc2C)N(c2cc(C(=O)O)cc4ccn(C)c24)C3=O)cc(C)c1Cl. The molecule has 4 aromatic carbocycles. The average Bonchev–Trinajstić information content (AvgIpc) is 3.68. The van der Waals surface area contributed by atoms with E-state index in [0.29, 0.717) is 66.6 Å².